The summed E-state index contributed by atoms with van der Waals surface area (Å²) >= 11 is 0. The number of carbonyl (C=O) groups excluding carboxylic acids is 3. The molecule has 0 aromatic heterocycles. The molecule has 0 radical (unpaired) electrons. The van der Waals surface area contributed by atoms with Crippen molar-refractivity contribution in [3.8, 4) is 16.9 Å². The van der Waals surface area contributed by atoms with Gasteiger partial charge in [-0.2, -0.15) is 0 Å². The molecular weight excluding hydrogens is 795 g/mol. The molecule has 320 valence electrons. The van der Waals surface area contributed by atoms with Crippen LogP contribution in [0.15, 0.2) is 72.4 Å². The van der Waals surface area contributed by atoms with Gasteiger partial charge < -0.3 is 39.4 Å². The van der Waals surface area contributed by atoms with Crippen molar-refractivity contribution in [2.24, 2.45) is 5.92 Å². The highest BCUT2D eigenvalue weighted by molar-refractivity contribution is 8.77. The molecule has 4 N–H and O–H groups in total. The van der Waals surface area contributed by atoms with Crippen molar-refractivity contribution in [2.45, 2.75) is 113 Å². The Hall–Kier alpha value is -4.28. The molecule has 0 spiro atoms. The number of nitrogens with zero attached hydrogens (tertiary/aromatic N) is 1. The van der Waals surface area contributed by atoms with Crippen LogP contribution in [-0.2, 0) is 35.0 Å². The molecule has 13 nitrogen and oxygen atoms in total. The standard InChI is InChI=1S/C44H57N3O10S2/c1-26-10-9-11-36(55-8)44(53)25-35(56-42(52)46-44)29(4)41-43(5,57-41)21-20-38(49)47(6)33-23-30(22-26)24-34(54-7)40(33)31-14-16-32(17-15-31)45-37(48)18-12-27(2)58-59-28(3)13-19-39(50)51/h9-11,14-17,20-21,23-24,27-29,35-36,41,53H,12-13,18-19,22,25H2,1-8H3,(H,45,48)(H,46,52)(H,50,51)/b11-9+,21-20+,26-10+/t27?,28?,29-,35+,36-,41+,43+,44+/m1/s1. The Bertz CT molecular complexity index is 1950. The third kappa shape index (κ3) is 11.9. The number of ether oxygens (including phenoxy) is 4. The van der Waals surface area contributed by atoms with E-state index in [1.165, 1.54) is 13.2 Å². The molecule has 4 bridgehead atoms. The van der Waals surface area contributed by atoms with E-state index in [-0.39, 0.29) is 47.2 Å². The van der Waals surface area contributed by atoms with Gasteiger partial charge in [-0.1, -0.05) is 78.3 Å². The lowest BCUT2D eigenvalue weighted by Crippen LogP contribution is -2.63. The van der Waals surface area contributed by atoms with Gasteiger partial charge in [-0.25, -0.2) is 4.79 Å². The predicted octanol–water partition coefficient (Wildman–Crippen LogP) is 7.68. The van der Waals surface area contributed by atoms with E-state index in [1.54, 1.807) is 58.9 Å². The number of epoxide rings is 1. The van der Waals surface area contributed by atoms with Crippen LogP contribution in [0.2, 0.25) is 0 Å². The minimum absolute atomic E-state index is 0.0612. The Labute approximate surface area is 354 Å². The number of carbonyl (C=O) groups is 4. The number of fused-ring (bicyclic) bond motifs is 5. The highest BCUT2D eigenvalue weighted by Gasteiger charge is 2.58. The lowest BCUT2D eigenvalue weighted by atomic mass is 9.85. The van der Waals surface area contributed by atoms with Crippen LogP contribution >= 0.6 is 21.6 Å². The molecule has 3 aliphatic rings. The van der Waals surface area contributed by atoms with E-state index in [4.69, 9.17) is 24.1 Å². The molecule has 2 aromatic rings. The Morgan fingerprint density at radius 1 is 1.08 bits per heavy atom. The van der Waals surface area contributed by atoms with Crippen molar-refractivity contribution in [2.75, 3.05) is 31.5 Å². The molecule has 8 atom stereocenters. The number of aliphatic carboxylic acids is 1. The fourth-order valence-corrected chi connectivity index (χ4v) is 9.91. The van der Waals surface area contributed by atoms with Crippen molar-refractivity contribution < 1.29 is 48.3 Å². The molecule has 3 heterocycles. The lowest BCUT2D eigenvalue weighted by molar-refractivity contribution is -0.142. The third-order valence-corrected chi connectivity index (χ3v) is 14.5. The van der Waals surface area contributed by atoms with E-state index in [1.807, 2.05) is 70.2 Å². The van der Waals surface area contributed by atoms with Gasteiger partial charge in [-0.05, 0) is 74.6 Å². The van der Waals surface area contributed by atoms with Crippen LogP contribution in [0, 0.1) is 5.92 Å². The zero-order valence-corrected chi connectivity index (χ0v) is 36.6. The Morgan fingerprint density at radius 3 is 2.41 bits per heavy atom. The normalized spacial score (nSPS) is 28.8. The summed E-state index contributed by atoms with van der Waals surface area (Å²) < 4.78 is 23.4. The number of alkyl carbamates (subject to hydrolysis) is 1. The van der Waals surface area contributed by atoms with Gasteiger partial charge in [0, 0.05) is 67.2 Å². The number of anilines is 2. The van der Waals surface area contributed by atoms with Crippen LogP contribution in [0.1, 0.15) is 72.3 Å². The number of amides is 3. The number of carboxylic acid groups (broad SMARTS) is 1. The third-order valence-electron chi connectivity index (χ3n) is 10.9. The highest BCUT2D eigenvalue weighted by atomic mass is 33.1. The second-order valence-electron chi connectivity index (χ2n) is 15.8. The maximum atomic E-state index is 14.0. The molecule has 59 heavy (non-hydrogen) atoms. The van der Waals surface area contributed by atoms with Crippen LogP contribution in [-0.4, -0.2) is 95.5 Å². The van der Waals surface area contributed by atoms with Crippen LogP contribution in [0.3, 0.4) is 0 Å². The molecule has 2 fully saturated rings. The molecule has 5 rings (SSSR count). The number of nitrogens with one attached hydrogen (secondary N) is 2. The van der Waals surface area contributed by atoms with Crippen molar-refractivity contribution in [1.29, 1.82) is 0 Å². The smallest absolute Gasteiger partial charge is 0.409 e. The van der Waals surface area contributed by atoms with Gasteiger partial charge in [-0.15, -0.1) is 0 Å². The quantitative estimate of drug-likeness (QED) is 0.114. The largest absolute Gasteiger partial charge is 0.496 e. The van der Waals surface area contributed by atoms with Crippen molar-refractivity contribution >= 4 is 56.8 Å². The predicted molar refractivity (Wildman–Crippen MR) is 233 cm³/mol. The van der Waals surface area contributed by atoms with Crippen LogP contribution < -0.4 is 20.3 Å². The number of carboxylic acids is 1. The van der Waals surface area contributed by atoms with E-state index in [2.05, 4.69) is 17.6 Å². The van der Waals surface area contributed by atoms with E-state index in [0.29, 0.717) is 48.4 Å². The Kier molecular flexibility index (Phi) is 15.4. The first kappa shape index (κ1) is 45.8. The maximum absolute atomic E-state index is 14.0. The van der Waals surface area contributed by atoms with Crippen LogP contribution in [0.5, 0.6) is 5.75 Å². The summed E-state index contributed by atoms with van der Waals surface area (Å²) in [6.07, 6.45) is 8.25. The molecule has 2 saturated heterocycles. The summed E-state index contributed by atoms with van der Waals surface area (Å²) in [5.74, 6) is -0.952. The van der Waals surface area contributed by atoms with Crippen LogP contribution in [0.25, 0.3) is 11.1 Å². The fraction of sp³-hybridized carbons (Fsp3) is 0.500. The second-order valence-corrected chi connectivity index (χ2v) is 19.0. The number of benzene rings is 2. The SMILES string of the molecule is COc1cc2cc(c1-c1ccc(NC(=O)CCC(C)SSC(C)CCC(=O)O)cc1)N(C)C(=O)/C=C/[C@]1(C)O[C@H]1[C@H](C)[C@@H]1C[C@@](O)(NC(=O)O1)[C@H](OC)/C=C/C=C(\C)C2. The zero-order chi connectivity index (χ0) is 43.1. The Balaban J connectivity index is 1.39. The van der Waals surface area contributed by atoms with Gasteiger partial charge in [0.25, 0.3) is 5.91 Å². The van der Waals surface area contributed by atoms with Crippen molar-refractivity contribution in [1.82, 2.24) is 5.32 Å². The number of hydrogen-bond donors (Lipinski definition) is 4. The molecule has 2 unspecified atom stereocenters. The molecule has 15 heteroatoms. The summed E-state index contributed by atoms with van der Waals surface area (Å²) in [6.45, 7) is 9.81. The molecule has 2 aromatic carbocycles. The van der Waals surface area contributed by atoms with Gasteiger partial charge in [-0.3, -0.25) is 19.7 Å². The number of methoxy groups -OCH3 is 2. The second kappa shape index (κ2) is 19.9. The summed E-state index contributed by atoms with van der Waals surface area (Å²) in [7, 11) is 8.10. The van der Waals surface area contributed by atoms with Gasteiger partial charge in [0.2, 0.25) is 5.91 Å². The average molecular weight is 852 g/mol. The minimum Gasteiger partial charge on any atom is -0.496 e. The first-order valence-corrected chi connectivity index (χ1v) is 22.1. The number of rotatable bonds is 13. The molecular formula is C44H57N3O10S2. The zero-order valence-electron chi connectivity index (χ0n) is 35.0. The first-order valence-electron chi connectivity index (χ1n) is 19.8. The average Bonchev–Trinajstić information content (AvgIpc) is 3.88. The minimum atomic E-state index is -1.73. The number of hydrogen-bond acceptors (Lipinski definition) is 11. The highest BCUT2D eigenvalue weighted by Crippen LogP contribution is 2.46. The van der Waals surface area contributed by atoms with Gasteiger partial charge in [0.15, 0.2) is 5.72 Å². The Morgan fingerprint density at radius 2 is 1.76 bits per heavy atom. The van der Waals surface area contributed by atoms with E-state index in [9.17, 15) is 24.3 Å². The summed E-state index contributed by atoms with van der Waals surface area (Å²) in [5.41, 5.74) is 2.06. The number of allylic oxidation sites excluding steroid dienone is 3. The van der Waals surface area contributed by atoms with Crippen molar-refractivity contribution in [3.05, 3.63) is 77.9 Å². The number of likely N-dealkylation sites (N-methyl/N-ethyl adjacent to an activating group) is 1. The maximum Gasteiger partial charge on any atom is 0.409 e. The van der Waals surface area contributed by atoms with E-state index in [0.717, 1.165) is 16.7 Å². The molecule has 0 saturated carbocycles. The van der Waals surface area contributed by atoms with Gasteiger partial charge in [0.05, 0.1) is 18.9 Å². The number of aliphatic hydroxyl groups is 1. The summed E-state index contributed by atoms with van der Waals surface area (Å²) in [6, 6.07) is 11.3. The molecule has 3 aliphatic heterocycles. The molecule has 0 aliphatic carbocycles. The van der Waals surface area contributed by atoms with Gasteiger partial charge >= 0.3 is 12.1 Å². The van der Waals surface area contributed by atoms with E-state index >= 15 is 0 Å². The monoisotopic (exact) mass is 851 g/mol. The summed E-state index contributed by atoms with van der Waals surface area (Å²) in [4.78, 5) is 52.0. The van der Waals surface area contributed by atoms with E-state index < -0.39 is 35.6 Å². The topological polar surface area (TPSA) is 176 Å². The fourth-order valence-electron chi connectivity index (χ4n) is 7.39. The first-order chi connectivity index (χ1) is 27.9. The summed E-state index contributed by atoms with van der Waals surface area (Å²) in [5, 5.41) is 26.5. The van der Waals surface area contributed by atoms with Crippen molar-refractivity contribution in [3.63, 3.8) is 0 Å². The van der Waals surface area contributed by atoms with Gasteiger partial charge in [0.1, 0.15) is 23.6 Å². The molecule has 3 amide bonds. The lowest BCUT2D eigenvalue weighted by Gasteiger charge is -2.42. The van der Waals surface area contributed by atoms with Crippen LogP contribution in [0.4, 0.5) is 16.2 Å².